The molecule has 1 saturated heterocycles. The summed E-state index contributed by atoms with van der Waals surface area (Å²) in [6, 6.07) is 16.0. The van der Waals surface area contributed by atoms with E-state index in [0.717, 1.165) is 36.3 Å². The van der Waals surface area contributed by atoms with Gasteiger partial charge in [0.1, 0.15) is 5.82 Å². The van der Waals surface area contributed by atoms with E-state index >= 15 is 0 Å². The topological polar surface area (TPSA) is 61.0 Å². The van der Waals surface area contributed by atoms with Gasteiger partial charge in [0.15, 0.2) is 0 Å². The van der Waals surface area contributed by atoms with Crippen LogP contribution in [0.5, 0.6) is 0 Å². The summed E-state index contributed by atoms with van der Waals surface area (Å²) < 4.78 is 13.1. The van der Waals surface area contributed by atoms with Crippen molar-refractivity contribution in [3.05, 3.63) is 72.2 Å². The summed E-state index contributed by atoms with van der Waals surface area (Å²) in [7, 11) is 0. The zero-order chi connectivity index (χ0) is 18.6. The second-order valence-electron chi connectivity index (χ2n) is 6.79. The van der Waals surface area contributed by atoms with E-state index < -0.39 is 0 Å². The Bertz CT molecular complexity index is 891. The van der Waals surface area contributed by atoms with Gasteiger partial charge in [-0.3, -0.25) is 9.89 Å². The number of carbonyl (C=O) groups excluding carboxylic acids is 1. The van der Waals surface area contributed by atoms with Gasteiger partial charge in [-0.25, -0.2) is 4.39 Å². The number of nitrogens with zero attached hydrogens (tertiary/aromatic N) is 2. The normalized spacial score (nSPS) is 16.9. The van der Waals surface area contributed by atoms with Gasteiger partial charge in [-0.05, 0) is 60.9 Å². The van der Waals surface area contributed by atoms with Gasteiger partial charge in [0.05, 0.1) is 5.69 Å². The molecule has 0 unspecified atom stereocenters. The lowest BCUT2D eigenvalue weighted by Gasteiger charge is -2.33. The number of hydrogen-bond donors (Lipinski definition) is 2. The van der Waals surface area contributed by atoms with E-state index in [-0.39, 0.29) is 17.8 Å². The Morgan fingerprint density at radius 3 is 2.59 bits per heavy atom. The second kappa shape index (κ2) is 7.61. The molecule has 1 aliphatic heterocycles. The van der Waals surface area contributed by atoms with Crippen molar-refractivity contribution in [3.63, 3.8) is 0 Å². The molecule has 2 aromatic carbocycles. The number of hydrogen-bond acceptors (Lipinski definition) is 3. The molecule has 3 aromatic rings. The van der Waals surface area contributed by atoms with Crippen LogP contribution < -0.4 is 5.32 Å². The van der Waals surface area contributed by atoms with Gasteiger partial charge in [-0.1, -0.05) is 12.1 Å². The Labute approximate surface area is 157 Å². The van der Waals surface area contributed by atoms with E-state index in [1.54, 1.807) is 18.3 Å². The van der Waals surface area contributed by atoms with Gasteiger partial charge in [0.2, 0.25) is 0 Å². The molecular formula is C21H21FN4O. The highest BCUT2D eigenvalue weighted by Crippen LogP contribution is 2.21. The molecule has 138 valence electrons. The van der Waals surface area contributed by atoms with Crippen LogP contribution >= 0.6 is 0 Å². The number of nitrogens with one attached hydrogen (secondary N) is 2. The summed E-state index contributed by atoms with van der Waals surface area (Å²) in [4.78, 5) is 14.8. The minimum absolute atomic E-state index is 0.0387. The fourth-order valence-electron chi connectivity index (χ4n) is 3.45. The summed E-state index contributed by atoms with van der Waals surface area (Å²) in [6.07, 6.45) is 3.63. The molecule has 1 aromatic heterocycles. The largest absolute Gasteiger partial charge is 0.381 e. The van der Waals surface area contributed by atoms with Crippen LogP contribution in [0.1, 0.15) is 23.2 Å². The first kappa shape index (κ1) is 17.3. The number of amides is 1. The van der Waals surface area contributed by atoms with Crippen molar-refractivity contribution in [3.8, 4) is 11.3 Å². The van der Waals surface area contributed by atoms with E-state index in [1.807, 2.05) is 35.2 Å². The number of anilines is 1. The van der Waals surface area contributed by atoms with E-state index in [0.29, 0.717) is 12.1 Å². The lowest BCUT2D eigenvalue weighted by atomic mass is 10.0. The summed E-state index contributed by atoms with van der Waals surface area (Å²) in [5, 5.41) is 10.3. The molecule has 0 spiro atoms. The van der Waals surface area contributed by atoms with Crippen molar-refractivity contribution in [1.82, 2.24) is 15.1 Å². The van der Waals surface area contributed by atoms with E-state index in [1.165, 1.54) is 12.1 Å². The minimum atomic E-state index is -0.250. The smallest absolute Gasteiger partial charge is 0.253 e. The van der Waals surface area contributed by atoms with Crippen molar-refractivity contribution >= 4 is 11.6 Å². The first-order chi connectivity index (χ1) is 13.2. The van der Waals surface area contributed by atoms with Crippen molar-refractivity contribution in [2.45, 2.75) is 18.9 Å². The third-order valence-electron chi connectivity index (χ3n) is 4.87. The highest BCUT2D eigenvalue weighted by atomic mass is 19.1. The molecule has 0 bridgehead atoms. The molecular weight excluding hydrogens is 343 g/mol. The molecule has 0 radical (unpaired) electrons. The average molecular weight is 364 g/mol. The van der Waals surface area contributed by atoms with Crippen LogP contribution in [0.2, 0.25) is 0 Å². The zero-order valence-corrected chi connectivity index (χ0v) is 14.9. The van der Waals surface area contributed by atoms with Crippen LogP contribution in [0.25, 0.3) is 11.3 Å². The first-order valence-corrected chi connectivity index (χ1v) is 9.10. The summed E-state index contributed by atoms with van der Waals surface area (Å²) in [5.41, 5.74) is 3.48. The number of aromatic nitrogens is 2. The number of carbonyl (C=O) groups is 1. The van der Waals surface area contributed by atoms with E-state index in [9.17, 15) is 9.18 Å². The fourth-order valence-corrected chi connectivity index (χ4v) is 3.45. The monoisotopic (exact) mass is 364 g/mol. The molecule has 6 heteroatoms. The SMILES string of the molecule is O=C(c1ccc(-c2ccn[nH]2)cc1)N1CCC[C@H](Nc2ccc(F)cc2)C1. The Kier molecular flexibility index (Phi) is 4.87. The highest BCUT2D eigenvalue weighted by molar-refractivity contribution is 5.94. The molecule has 5 nitrogen and oxygen atoms in total. The predicted molar refractivity (Wildman–Crippen MR) is 103 cm³/mol. The maximum Gasteiger partial charge on any atom is 0.253 e. The number of halogens is 1. The predicted octanol–water partition coefficient (Wildman–Crippen LogP) is 3.93. The average Bonchev–Trinajstić information content (AvgIpc) is 3.24. The van der Waals surface area contributed by atoms with Crippen LogP contribution in [-0.2, 0) is 0 Å². The third kappa shape index (κ3) is 4.00. The number of benzene rings is 2. The number of piperidine rings is 1. The molecule has 2 heterocycles. The quantitative estimate of drug-likeness (QED) is 0.737. The van der Waals surface area contributed by atoms with Gasteiger partial charge in [-0.2, -0.15) is 5.10 Å². The Hall–Kier alpha value is -3.15. The molecule has 0 aliphatic carbocycles. The van der Waals surface area contributed by atoms with Crippen LogP contribution in [0.15, 0.2) is 60.8 Å². The summed E-state index contributed by atoms with van der Waals surface area (Å²) >= 11 is 0. The Morgan fingerprint density at radius 2 is 1.89 bits per heavy atom. The molecule has 1 atom stereocenters. The molecule has 27 heavy (non-hydrogen) atoms. The standard InChI is InChI=1S/C21H21FN4O/c22-17-7-9-18(10-8-17)24-19-2-1-13-26(14-19)21(27)16-5-3-15(4-6-16)20-11-12-23-25-20/h3-12,19,24H,1-2,13-14H2,(H,23,25)/t19-/m0/s1. The molecule has 1 fully saturated rings. The Balaban J connectivity index is 1.41. The number of H-pyrrole nitrogens is 1. The van der Waals surface area contributed by atoms with Gasteiger partial charge in [0, 0.05) is 36.6 Å². The van der Waals surface area contributed by atoms with Crippen LogP contribution in [0.3, 0.4) is 0 Å². The molecule has 1 amide bonds. The molecule has 0 saturated carbocycles. The fraction of sp³-hybridized carbons (Fsp3) is 0.238. The molecule has 2 N–H and O–H groups in total. The van der Waals surface area contributed by atoms with Crippen LogP contribution in [-0.4, -0.2) is 40.1 Å². The lowest BCUT2D eigenvalue weighted by Crippen LogP contribution is -2.45. The van der Waals surface area contributed by atoms with Gasteiger partial charge in [0.25, 0.3) is 5.91 Å². The maximum absolute atomic E-state index is 13.1. The zero-order valence-electron chi connectivity index (χ0n) is 14.9. The van der Waals surface area contributed by atoms with E-state index in [4.69, 9.17) is 0 Å². The molecule has 1 aliphatic rings. The van der Waals surface area contributed by atoms with Gasteiger partial charge in [-0.15, -0.1) is 0 Å². The molecule has 4 rings (SSSR count). The maximum atomic E-state index is 13.1. The number of rotatable bonds is 4. The second-order valence-corrected chi connectivity index (χ2v) is 6.79. The first-order valence-electron chi connectivity index (χ1n) is 9.10. The van der Waals surface area contributed by atoms with Crippen molar-refractivity contribution in [1.29, 1.82) is 0 Å². The van der Waals surface area contributed by atoms with E-state index in [2.05, 4.69) is 15.5 Å². The van der Waals surface area contributed by atoms with Crippen LogP contribution in [0.4, 0.5) is 10.1 Å². The van der Waals surface area contributed by atoms with Crippen molar-refractivity contribution in [2.75, 3.05) is 18.4 Å². The Morgan fingerprint density at radius 1 is 1.11 bits per heavy atom. The number of likely N-dealkylation sites (tertiary alicyclic amines) is 1. The third-order valence-corrected chi connectivity index (χ3v) is 4.87. The summed E-state index contributed by atoms with van der Waals surface area (Å²) in [5.74, 6) is -0.212. The van der Waals surface area contributed by atoms with Gasteiger partial charge < -0.3 is 10.2 Å². The van der Waals surface area contributed by atoms with Crippen LogP contribution in [0, 0.1) is 5.82 Å². The highest BCUT2D eigenvalue weighted by Gasteiger charge is 2.24. The summed E-state index contributed by atoms with van der Waals surface area (Å²) in [6.45, 7) is 1.39. The van der Waals surface area contributed by atoms with Crippen molar-refractivity contribution in [2.24, 2.45) is 0 Å². The minimum Gasteiger partial charge on any atom is -0.381 e. The number of aromatic amines is 1. The van der Waals surface area contributed by atoms with Gasteiger partial charge >= 0.3 is 0 Å². The lowest BCUT2D eigenvalue weighted by molar-refractivity contribution is 0.0715. The van der Waals surface area contributed by atoms with Crippen molar-refractivity contribution < 1.29 is 9.18 Å².